The predicted octanol–water partition coefficient (Wildman–Crippen LogP) is 1.68. The molecule has 0 saturated carbocycles. The highest BCUT2D eigenvalue weighted by atomic mass is 32.2. The van der Waals surface area contributed by atoms with Gasteiger partial charge in [0, 0.05) is 19.6 Å². The van der Waals surface area contributed by atoms with Crippen LogP contribution in [0.3, 0.4) is 0 Å². The summed E-state index contributed by atoms with van der Waals surface area (Å²) >= 11 is 0. The van der Waals surface area contributed by atoms with E-state index in [-0.39, 0.29) is 18.4 Å². The summed E-state index contributed by atoms with van der Waals surface area (Å²) in [5, 5.41) is 5.64. The number of carbonyl (C=O) groups excluding carboxylic acids is 2. The zero-order valence-corrected chi connectivity index (χ0v) is 16.3. The lowest BCUT2D eigenvalue weighted by atomic mass is 9.98. The molecule has 0 radical (unpaired) electrons. The standard InChI is InChI=1S/C18H27N3O4S/c1-13(2)11-19-18(23)15-8-4-5-9-16(15)20-17(22)14-7-6-10-21(12-14)26(3,24)25/h4-5,8-9,13-14H,6-7,10-12H2,1-3H3,(H,19,23)(H,20,22)/t14-/m0/s1. The fourth-order valence-corrected chi connectivity index (χ4v) is 3.79. The fraction of sp³-hybridized carbons (Fsp3) is 0.556. The molecule has 8 heteroatoms. The monoisotopic (exact) mass is 381 g/mol. The second-order valence-electron chi connectivity index (χ2n) is 7.10. The highest BCUT2D eigenvalue weighted by Crippen LogP contribution is 2.22. The maximum Gasteiger partial charge on any atom is 0.253 e. The van der Waals surface area contributed by atoms with Gasteiger partial charge in [-0.25, -0.2) is 12.7 Å². The van der Waals surface area contributed by atoms with Crippen molar-refractivity contribution in [1.82, 2.24) is 9.62 Å². The molecule has 26 heavy (non-hydrogen) atoms. The number of nitrogens with zero attached hydrogens (tertiary/aromatic N) is 1. The molecule has 1 aromatic rings. The minimum Gasteiger partial charge on any atom is -0.352 e. The summed E-state index contributed by atoms with van der Waals surface area (Å²) in [6, 6.07) is 6.83. The SMILES string of the molecule is CC(C)CNC(=O)c1ccccc1NC(=O)[C@H]1CCCN(S(C)(=O)=O)C1. The lowest BCUT2D eigenvalue weighted by Crippen LogP contribution is -2.43. The van der Waals surface area contributed by atoms with Crippen molar-refractivity contribution >= 4 is 27.5 Å². The van der Waals surface area contributed by atoms with Crippen molar-refractivity contribution < 1.29 is 18.0 Å². The number of hydrogen-bond acceptors (Lipinski definition) is 4. The first-order valence-electron chi connectivity index (χ1n) is 8.81. The third-order valence-corrected chi connectivity index (χ3v) is 5.59. The molecule has 1 aliphatic rings. The van der Waals surface area contributed by atoms with Gasteiger partial charge in [-0.2, -0.15) is 0 Å². The zero-order valence-electron chi connectivity index (χ0n) is 15.5. The molecule has 0 aliphatic carbocycles. The summed E-state index contributed by atoms with van der Waals surface area (Å²) in [5.41, 5.74) is 0.840. The third kappa shape index (κ3) is 5.54. The van der Waals surface area contributed by atoms with Gasteiger partial charge >= 0.3 is 0 Å². The van der Waals surface area contributed by atoms with Crippen LogP contribution in [0.4, 0.5) is 5.69 Å². The highest BCUT2D eigenvalue weighted by Gasteiger charge is 2.30. The van der Waals surface area contributed by atoms with E-state index < -0.39 is 15.9 Å². The van der Waals surface area contributed by atoms with Crippen molar-refractivity contribution in [2.24, 2.45) is 11.8 Å². The maximum absolute atomic E-state index is 12.6. The second kappa shape index (κ2) is 8.64. The normalized spacial score (nSPS) is 18.5. The third-order valence-electron chi connectivity index (χ3n) is 4.32. The summed E-state index contributed by atoms with van der Waals surface area (Å²) in [6.07, 6.45) is 2.42. The number of benzene rings is 1. The van der Waals surface area contributed by atoms with Crippen molar-refractivity contribution in [3.8, 4) is 0 Å². The summed E-state index contributed by atoms with van der Waals surface area (Å²) in [5.74, 6) is -0.603. The molecular formula is C18H27N3O4S. The molecule has 1 saturated heterocycles. The van der Waals surface area contributed by atoms with E-state index in [1.807, 2.05) is 13.8 Å². The van der Waals surface area contributed by atoms with Crippen LogP contribution < -0.4 is 10.6 Å². The highest BCUT2D eigenvalue weighted by molar-refractivity contribution is 7.88. The summed E-state index contributed by atoms with van der Waals surface area (Å²) < 4.78 is 24.8. The molecule has 1 atom stereocenters. The van der Waals surface area contributed by atoms with Crippen LogP contribution in [0.15, 0.2) is 24.3 Å². The van der Waals surface area contributed by atoms with Crippen LogP contribution >= 0.6 is 0 Å². The van der Waals surface area contributed by atoms with E-state index in [2.05, 4.69) is 10.6 Å². The van der Waals surface area contributed by atoms with Crippen LogP contribution in [0.1, 0.15) is 37.0 Å². The van der Waals surface area contributed by atoms with Crippen LogP contribution in [0.5, 0.6) is 0 Å². The largest absolute Gasteiger partial charge is 0.352 e. The van der Waals surface area contributed by atoms with E-state index in [0.717, 1.165) is 6.26 Å². The average Bonchev–Trinajstić information content (AvgIpc) is 2.59. The number of amides is 2. The molecule has 1 fully saturated rings. The quantitative estimate of drug-likeness (QED) is 0.784. The predicted molar refractivity (Wildman–Crippen MR) is 101 cm³/mol. The van der Waals surface area contributed by atoms with Crippen molar-refractivity contribution in [2.75, 3.05) is 31.2 Å². The molecule has 2 N–H and O–H groups in total. The number of sulfonamides is 1. The van der Waals surface area contributed by atoms with Crippen molar-refractivity contribution in [2.45, 2.75) is 26.7 Å². The summed E-state index contributed by atoms with van der Waals surface area (Å²) in [6.45, 7) is 5.17. The second-order valence-corrected chi connectivity index (χ2v) is 9.08. The fourth-order valence-electron chi connectivity index (χ4n) is 2.87. The van der Waals surface area contributed by atoms with Gasteiger partial charge in [0.05, 0.1) is 23.4 Å². The Morgan fingerprint density at radius 2 is 1.96 bits per heavy atom. The molecule has 1 heterocycles. The Kier molecular flexibility index (Phi) is 6.77. The molecule has 1 aliphatic heterocycles. The zero-order chi connectivity index (χ0) is 19.3. The Balaban J connectivity index is 2.08. The van der Waals surface area contributed by atoms with Gasteiger partial charge in [0.2, 0.25) is 15.9 Å². The van der Waals surface area contributed by atoms with Crippen LogP contribution in [-0.4, -0.2) is 50.4 Å². The van der Waals surface area contributed by atoms with Crippen molar-refractivity contribution in [3.63, 3.8) is 0 Å². The Bertz CT molecular complexity index is 761. The van der Waals surface area contributed by atoms with Gasteiger partial charge in [-0.05, 0) is 30.9 Å². The van der Waals surface area contributed by atoms with E-state index in [1.165, 1.54) is 4.31 Å². The summed E-state index contributed by atoms with van der Waals surface area (Å²) in [7, 11) is -3.31. The number of para-hydroxylation sites is 1. The molecule has 2 amide bonds. The van der Waals surface area contributed by atoms with Crippen molar-refractivity contribution in [1.29, 1.82) is 0 Å². The number of rotatable bonds is 6. The lowest BCUT2D eigenvalue weighted by Gasteiger charge is -2.30. The van der Waals surface area contributed by atoms with Crippen molar-refractivity contribution in [3.05, 3.63) is 29.8 Å². The topological polar surface area (TPSA) is 95.6 Å². The molecule has 0 spiro atoms. The smallest absolute Gasteiger partial charge is 0.253 e. The van der Waals surface area contributed by atoms with E-state index in [4.69, 9.17) is 0 Å². The number of hydrogen-bond donors (Lipinski definition) is 2. The first-order chi connectivity index (χ1) is 12.2. The minimum atomic E-state index is -3.31. The van der Waals surface area contributed by atoms with Crippen LogP contribution in [0.25, 0.3) is 0 Å². The molecular weight excluding hydrogens is 354 g/mol. The molecule has 1 aromatic carbocycles. The Morgan fingerprint density at radius 1 is 1.27 bits per heavy atom. The maximum atomic E-state index is 12.6. The number of nitrogens with one attached hydrogen (secondary N) is 2. The first-order valence-corrected chi connectivity index (χ1v) is 10.7. The van der Waals surface area contributed by atoms with Gasteiger partial charge in [0.15, 0.2) is 0 Å². The average molecular weight is 381 g/mol. The Hall–Kier alpha value is -1.93. The number of anilines is 1. The molecule has 144 valence electrons. The summed E-state index contributed by atoms with van der Waals surface area (Å²) in [4.78, 5) is 25.0. The van der Waals surface area contributed by atoms with Gasteiger partial charge < -0.3 is 10.6 Å². The number of carbonyl (C=O) groups is 2. The Morgan fingerprint density at radius 3 is 2.62 bits per heavy atom. The molecule has 0 unspecified atom stereocenters. The number of piperidine rings is 1. The van der Waals surface area contributed by atoms with Gasteiger partial charge in [-0.15, -0.1) is 0 Å². The van der Waals surface area contributed by atoms with Gasteiger partial charge in [0.1, 0.15) is 0 Å². The minimum absolute atomic E-state index is 0.173. The molecule has 2 rings (SSSR count). The Labute approximate surface area is 155 Å². The van der Waals surface area contributed by atoms with Crippen LogP contribution in [-0.2, 0) is 14.8 Å². The van der Waals surface area contributed by atoms with E-state index in [0.29, 0.717) is 43.1 Å². The van der Waals surface area contributed by atoms with Gasteiger partial charge in [-0.1, -0.05) is 26.0 Å². The van der Waals surface area contributed by atoms with Gasteiger partial charge in [0.25, 0.3) is 5.91 Å². The van der Waals surface area contributed by atoms with E-state index in [9.17, 15) is 18.0 Å². The molecule has 0 bridgehead atoms. The van der Waals surface area contributed by atoms with Crippen LogP contribution in [0, 0.1) is 11.8 Å². The molecule has 7 nitrogen and oxygen atoms in total. The van der Waals surface area contributed by atoms with E-state index in [1.54, 1.807) is 24.3 Å². The first kappa shape index (κ1) is 20.4. The molecule has 0 aromatic heterocycles. The lowest BCUT2D eigenvalue weighted by molar-refractivity contribution is -0.120. The van der Waals surface area contributed by atoms with Crippen LogP contribution in [0.2, 0.25) is 0 Å². The van der Waals surface area contributed by atoms with E-state index >= 15 is 0 Å². The van der Waals surface area contributed by atoms with Gasteiger partial charge in [-0.3, -0.25) is 9.59 Å².